The summed E-state index contributed by atoms with van der Waals surface area (Å²) in [5, 5.41) is 9.32. The third-order valence-electron chi connectivity index (χ3n) is 4.58. The first kappa shape index (κ1) is 22.9. The molecule has 0 fully saturated rings. The number of rotatable bonds is 16. The van der Waals surface area contributed by atoms with Gasteiger partial charge in [-0.2, -0.15) is 8.42 Å². The third kappa shape index (κ3) is 14.0. The monoisotopic (exact) mass is 350 g/mol. The standard InChI is InChI=1S/C18H38O4S/c1-3-5-6-7-8-11-14-17(19)15-12-9-10-13-16-18(4-2)23(20,21)22/h17-19H,3-16H2,1-2H3,(H,20,21,22). The van der Waals surface area contributed by atoms with Crippen molar-refractivity contribution in [3.8, 4) is 0 Å². The summed E-state index contributed by atoms with van der Waals surface area (Å²) in [4.78, 5) is 0. The molecule has 0 saturated carbocycles. The topological polar surface area (TPSA) is 74.6 Å². The molecular formula is C18H38O4S. The van der Waals surface area contributed by atoms with Crippen LogP contribution in [-0.2, 0) is 10.1 Å². The van der Waals surface area contributed by atoms with Gasteiger partial charge in [-0.05, 0) is 25.7 Å². The van der Waals surface area contributed by atoms with Crippen molar-refractivity contribution in [2.75, 3.05) is 0 Å². The second-order valence-corrected chi connectivity index (χ2v) is 8.44. The van der Waals surface area contributed by atoms with Gasteiger partial charge in [-0.15, -0.1) is 0 Å². The van der Waals surface area contributed by atoms with Crippen LogP contribution in [0.3, 0.4) is 0 Å². The highest BCUT2D eigenvalue weighted by Gasteiger charge is 2.19. The molecule has 0 bridgehead atoms. The Bertz CT molecular complexity index is 354. The van der Waals surface area contributed by atoms with Crippen molar-refractivity contribution < 1.29 is 18.1 Å². The molecule has 2 unspecified atom stereocenters. The van der Waals surface area contributed by atoms with Crippen molar-refractivity contribution in [1.82, 2.24) is 0 Å². The van der Waals surface area contributed by atoms with Gasteiger partial charge < -0.3 is 5.11 Å². The maximum atomic E-state index is 11.1. The summed E-state index contributed by atoms with van der Waals surface area (Å²) in [5.41, 5.74) is 0. The SMILES string of the molecule is CCCCCCCCC(O)CCCCCCC(CC)S(=O)(=O)O. The molecule has 0 aromatic heterocycles. The lowest BCUT2D eigenvalue weighted by Crippen LogP contribution is -2.19. The Morgan fingerprint density at radius 2 is 1.17 bits per heavy atom. The van der Waals surface area contributed by atoms with Crippen molar-refractivity contribution in [2.45, 2.75) is 115 Å². The Morgan fingerprint density at radius 3 is 1.61 bits per heavy atom. The lowest BCUT2D eigenvalue weighted by molar-refractivity contribution is 0.147. The normalized spacial score (nSPS) is 14.8. The molecule has 0 saturated heterocycles. The van der Waals surface area contributed by atoms with Gasteiger partial charge in [0.2, 0.25) is 0 Å². The first-order chi connectivity index (χ1) is 10.9. The highest BCUT2D eigenvalue weighted by molar-refractivity contribution is 7.86. The van der Waals surface area contributed by atoms with Crippen molar-refractivity contribution in [1.29, 1.82) is 0 Å². The van der Waals surface area contributed by atoms with E-state index in [0.717, 1.165) is 44.9 Å². The minimum Gasteiger partial charge on any atom is -0.393 e. The molecule has 0 aliphatic rings. The average molecular weight is 351 g/mol. The quantitative estimate of drug-likeness (QED) is 0.300. The minimum atomic E-state index is -3.88. The fourth-order valence-corrected chi connectivity index (χ4v) is 3.86. The van der Waals surface area contributed by atoms with Gasteiger partial charge in [-0.1, -0.05) is 78.1 Å². The van der Waals surface area contributed by atoms with Crippen LogP contribution >= 0.6 is 0 Å². The molecule has 0 radical (unpaired) electrons. The van der Waals surface area contributed by atoms with Gasteiger partial charge in [0.15, 0.2) is 0 Å². The van der Waals surface area contributed by atoms with Crippen molar-refractivity contribution in [3.05, 3.63) is 0 Å². The predicted molar refractivity (Wildman–Crippen MR) is 97.3 cm³/mol. The Labute approximate surface area is 143 Å². The molecule has 140 valence electrons. The van der Waals surface area contributed by atoms with Crippen molar-refractivity contribution >= 4 is 10.1 Å². The van der Waals surface area contributed by atoms with Crippen molar-refractivity contribution in [3.63, 3.8) is 0 Å². The van der Waals surface area contributed by atoms with E-state index in [1.54, 1.807) is 6.92 Å². The average Bonchev–Trinajstić information content (AvgIpc) is 2.48. The summed E-state index contributed by atoms with van der Waals surface area (Å²) < 4.78 is 31.2. The van der Waals surface area contributed by atoms with Crippen LogP contribution in [0, 0.1) is 0 Å². The molecule has 23 heavy (non-hydrogen) atoms. The summed E-state index contributed by atoms with van der Waals surface area (Å²) in [7, 11) is -3.88. The molecule has 2 N–H and O–H groups in total. The maximum absolute atomic E-state index is 11.1. The molecule has 0 aliphatic carbocycles. The zero-order valence-corrected chi connectivity index (χ0v) is 16.0. The molecule has 0 aromatic rings. The van der Waals surface area contributed by atoms with Gasteiger partial charge in [0.25, 0.3) is 10.1 Å². The third-order valence-corrected chi connectivity index (χ3v) is 5.99. The Kier molecular flexibility index (Phi) is 14.2. The maximum Gasteiger partial charge on any atom is 0.267 e. The van der Waals surface area contributed by atoms with E-state index in [9.17, 15) is 13.5 Å². The van der Waals surface area contributed by atoms with Gasteiger partial charge in [-0.25, -0.2) is 0 Å². The van der Waals surface area contributed by atoms with Gasteiger partial charge in [0.1, 0.15) is 0 Å². The second kappa shape index (κ2) is 14.2. The lowest BCUT2D eigenvalue weighted by Gasteiger charge is -2.12. The fraction of sp³-hybridized carbons (Fsp3) is 1.00. The van der Waals surface area contributed by atoms with E-state index in [4.69, 9.17) is 4.55 Å². The van der Waals surface area contributed by atoms with Crippen LogP contribution in [0.4, 0.5) is 0 Å². The zero-order chi connectivity index (χ0) is 17.6. The summed E-state index contributed by atoms with van der Waals surface area (Å²) in [6.45, 7) is 4.01. The number of aliphatic hydroxyl groups is 1. The molecule has 0 amide bonds. The van der Waals surface area contributed by atoms with Gasteiger partial charge >= 0.3 is 0 Å². The molecule has 5 heteroatoms. The van der Waals surface area contributed by atoms with E-state index in [-0.39, 0.29) is 6.10 Å². The highest BCUT2D eigenvalue weighted by atomic mass is 32.2. The second-order valence-electron chi connectivity index (χ2n) is 6.75. The van der Waals surface area contributed by atoms with Crippen LogP contribution in [0.5, 0.6) is 0 Å². The summed E-state index contributed by atoms with van der Waals surface area (Å²) in [6.07, 6.45) is 13.9. The molecule has 0 aromatic carbocycles. The smallest absolute Gasteiger partial charge is 0.267 e. The minimum absolute atomic E-state index is 0.178. The van der Waals surface area contributed by atoms with Crippen molar-refractivity contribution in [2.24, 2.45) is 0 Å². The molecule has 0 aliphatic heterocycles. The lowest BCUT2D eigenvalue weighted by atomic mass is 10.0. The summed E-state index contributed by atoms with van der Waals surface area (Å²) in [5.74, 6) is 0. The van der Waals surface area contributed by atoms with E-state index >= 15 is 0 Å². The number of unbranched alkanes of at least 4 members (excludes halogenated alkanes) is 8. The Morgan fingerprint density at radius 1 is 0.739 bits per heavy atom. The molecule has 0 heterocycles. The molecule has 4 nitrogen and oxygen atoms in total. The van der Waals surface area contributed by atoms with Gasteiger partial charge in [-0.3, -0.25) is 4.55 Å². The summed E-state index contributed by atoms with van der Waals surface area (Å²) in [6, 6.07) is 0. The zero-order valence-electron chi connectivity index (χ0n) is 15.2. The first-order valence-electron chi connectivity index (χ1n) is 9.56. The van der Waals surface area contributed by atoms with Crippen LogP contribution in [0.15, 0.2) is 0 Å². The first-order valence-corrected chi connectivity index (χ1v) is 11.1. The van der Waals surface area contributed by atoms with Gasteiger partial charge in [0.05, 0.1) is 11.4 Å². The van der Waals surface area contributed by atoms with E-state index in [1.807, 2.05) is 0 Å². The van der Waals surface area contributed by atoms with Crippen LogP contribution < -0.4 is 0 Å². The van der Waals surface area contributed by atoms with Crippen LogP contribution in [0.1, 0.15) is 104 Å². The van der Waals surface area contributed by atoms with E-state index in [2.05, 4.69) is 6.92 Å². The largest absolute Gasteiger partial charge is 0.393 e. The Hall–Kier alpha value is -0.130. The summed E-state index contributed by atoms with van der Waals surface area (Å²) >= 11 is 0. The Balaban J connectivity index is 3.46. The molecule has 0 spiro atoms. The van der Waals surface area contributed by atoms with Crippen LogP contribution in [-0.4, -0.2) is 29.4 Å². The molecule has 2 atom stereocenters. The number of hydrogen-bond donors (Lipinski definition) is 2. The number of hydrogen-bond acceptors (Lipinski definition) is 3. The molecule has 0 rings (SSSR count). The predicted octanol–water partition coefficient (Wildman–Crippen LogP) is 5.10. The van der Waals surface area contributed by atoms with E-state index < -0.39 is 15.4 Å². The number of aliphatic hydroxyl groups excluding tert-OH is 1. The van der Waals surface area contributed by atoms with Gasteiger partial charge in [0, 0.05) is 0 Å². The van der Waals surface area contributed by atoms with E-state index in [0.29, 0.717) is 12.8 Å². The fourth-order valence-electron chi connectivity index (χ4n) is 2.97. The van der Waals surface area contributed by atoms with Crippen LogP contribution in [0.25, 0.3) is 0 Å². The van der Waals surface area contributed by atoms with E-state index in [1.165, 1.54) is 32.1 Å². The molecular weight excluding hydrogens is 312 g/mol. The van der Waals surface area contributed by atoms with Crippen LogP contribution in [0.2, 0.25) is 0 Å². The highest BCUT2D eigenvalue weighted by Crippen LogP contribution is 2.16.